The van der Waals surface area contributed by atoms with Crippen molar-refractivity contribution in [2.75, 3.05) is 19.8 Å². The summed E-state index contributed by atoms with van der Waals surface area (Å²) < 4.78 is 21.8. The van der Waals surface area contributed by atoms with E-state index in [1.807, 2.05) is 6.08 Å². The average molecular weight is 621 g/mol. The molecule has 0 aromatic rings. The molecule has 9 nitrogen and oxygen atoms in total. The molecular weight excluding hydrogens is 555 g/mol. The van der Waals surface area contributed by atoms with Gasteiger partial charge in [-0.25, -0.2) is 4.57 Å². The Morgan fingerprint density at radius 3 is 1.83 bits per heavy atom. The fourth-order valence-electron chi connectivity index (χ4n) is 4.82. The van der Waals surface area contributed by atoms with Crippen LogP contribution in [0.1, 0.15) is 149 Å². The minimum absolute atomic E-state index is 0.0506. The summed E-state index contributed by atoms with van der Waals surface area (Å²) in [5.74, 6) is -0.450. The maximum atomic E-state index is 12.6. The Labute approximate surface area is 257 Å². The number of allylic oxidation sites excluding steroid dienone is 1. The molecule has 0 heterocycles. The molecule has 4 unspecified atom stereocenters. The molecule has 4 atom stereocenters. The van der Waals surface area contributed by atoms with E-state index in [1.54, 1.807) is 6.08 Å². The van der Waals surface area contributed by atoms with Crippen molar-refractivity contribution in [2.24, 2.45) is 5.73 Å². The number of rotatable bonds is 31. The van der Waals surface area contributed by atoms with E-state index in [1.165, 1.54) is 83.5 Å². The third-order valence-corrected chi connectivity index (χ3v) is 8.40. The maximum Gasteiger partial charge on any atom is 0.472 e. The topological polar surface area (TPSA) is 151 Å². The molecule has 1 amide bonds. The average Bonchev–Trinajstić information content (AvgIpc) is 2.96. The van der Waals surface area contributed by atoms with Gasteiger partial charge in [0.25, 0.3) is 0 Å². The lowest BCUT2D eigenvalue weighted by molar-refractivity contribution is -0.124. The van der Waals surface area contributed by atoms with E-state index in [0.29, 0.717) is 6.42 Å². The SMILES string of the molecule is CCCCCCCC/C=C/C(O)C(COP(=O)(O)OCCN)NC(=O)CC(O)CCCCCCCCCCCCCC. The number of hydrogen-bond acceptors (Lipinski definition) is 7. The summed E-state index contributed by atoms with van der Waals surface area (Å²) in [6, 6.07) is -0.973. The highest BCUT2D eigenvalue weighted by atomic mass is 31.2. The Balaban J connectivity index is 4.45. The number of unbranched alkanes of at least 4 members (excludes halogenated alkanes) is 17. The number of hydrogen-bond donors (Lipinski definition) is 5. The molecule has 10 heteroatoms. The van der Waals surface area contributed by atoms with Crippen molar-refractivity contribution in [3.05, 3.63) is 12.2 Å². The van der Waals surface area contributed by atoms with E-state index in [4.69, 9.17) is 14.8 Å². The standard InChI is InChI=1S/C32H65N2O7P/c1-3-5-7-9-11-13-14-15-16-17-19-21-23-29(35)27-32(37)34-30(28-41-42(38,39)40-26-25-33)31(36)24-22-20-18-12-10-8-6-4-2/h22,24,29-31,35-36H,3-21,23,25-28,33H2,1-2H3,(H,34,37)(H,38,39)/b24-22+. The number of aliphatic hydroxyl groups excluding tert-OH is 2. The monoisotopic (exact) mass is 620 g/mol. The Hall–Kier alpha value is -0.800. The molecule has 6 N–H and O–H groups in total. The van der Waals surface area contributed by atoms with Gasteiger partial charge in [-0.1, -0.05) is 135 Å². The molecule has 0 spiro atoms. The van der Waals surface area contributed by atoms with Gasteiger partial charge in [0.1, 0.15) is 0 Å². The zero-order valence-electron chi connectivity index (χ0n) is 26.9. The van der Waals surface area contributed by atoms with Crippen molar-refractivity contribution in [1.29, 1.82) is 0 Å². The van der Waals surface area contributed by atoms with Crippen LogP contribution in [0.5, 0.6) is 0 Å². The zero-order chi connectivity index (χ0) is 31.3. The Morgan fingerprint density at radius 2 is 1.31 bits per heavy atom. The van der Waals surface area contributed by atoms with Crippen molar-refractivity contribution in [1.82, 2.24) is 5.32 Å². The molecule has 0 aliphatic carbocycles. The van der Waals surface area contributed by atoms with Crippen molar-refractivity contribution >= 4 is 13.7 Å². The van der Waals surface area contributed by atoms with Crippen LogP contribution < -0.4 is 11.1 Å². The first kappa shape index (κ1) is 41.2. The lowest BCUT2D eigenvalue weighted by atomic mass is 10.0. The molecule has 0 saturated heterocycles. The number of phosphoric acid groups is 1. The van der Waals surface area contributed by atoms with Crippen LogP contribution in [0.15, 0.2) is 12.2 Å². The van der Waals surface area contributed by atoms with E-state index in [2.05, 4.69) is 19.2 Å². The highest BCUT2D eigenvalue weighted by Gasteiger charge is 2.27. The van der Waals surface area contributed by atoms with E-state index in [-0.39, 0.29) is 19.6 Å². The second-order valence-corrected chi connectivity index (χ2v) is 13.0. The number of carbonyl (C=O) groups is 1. The molecule has 0 aliphatic rings. The van der Waals surface area contributed by atoms with E-state index in [0.717, 1.165) is 38.5 Å². The van der Waals surface area contributed by atoms with Gasteiger partial charge in [0.05, 0.1) is 37.9 Å². The molecule has 0 bridgehead atoms. The molecule has 250 valence electrons. The number of phosphoric ester groups is 1. The second-order valence-electron chi connectivity index (χ2n) is 11.6. The molecule has 0 saturated carbocycles. The minimum atomic E-state index is -4.38. The largest absolute Gasteiger partial charge is 0.472 e. The maximum absolute atomic E-state index is 12.6. The Morgan fingerprint density at radius 1 is 0.810 bits per heavy atom. The Bertz CT molecular complexity index is 696. The van der Waals surface area contributed by atoms with Crippen molar-refractivity contribution in [3.63, 3.8) is 0 Å². The van der Waals surface area contributed by atoms with Crippen LogP contribution in [0.25, 0.3) is 0 Å². The van der Waals surface area contributed by atoms with Gasteiger partial charge in [-0.2, -0.15) is 0 Å². The minimum Gasteiger partial charge on any atom is -0.393 e. The summed E-state index contributed by atoms with van der Waals surface area (Å²) in [6.07, 6.45) is 24.5. The van der Waals surface area contributed by atoms with Crippen LogP contribution in [0.2, 0.25) is 0 Å². The number of aliphatic hydroxyl groups is 2. The van der Waals surface area contributed by atoms with Crippen LogP contribution >= 0.6 is 7.82 Å². The fraction of sp³-hybridized carbons (Fsp3) is 0.906. The van der Waals surface area contributed by atoms with Gasteiger partial charge in [-0.15, -0.1) is 0 Å². The molecule has 0 aromatic heterocycles. The highest BCUT2D eigenvalue weighted by Crippen LogP contribution is 2.43. The van der Waals surface area contributed by atoms with E-state index >= 15 is 0 Å². The highest BCUT2D eigenvalue weighted by molar-refractivity contribution is 7.47. The lowest BCUT2D eigenvalue weighted by Gasteiger charge is -2.24. The third kappa shape index (κ3) is 26.8. The van der Waals surface area contributed by atoms with Gasteiger partial charge < -0.3 is 26.2 Å². The molecule has 0 fully saturated rings. The molecule has 42 heavy (non-hydrogen) atoms. The van der Waals surface area contributed by atoms with E-state index < -0.39 is 38.6 Å². The van der Waals surface area contributed by atoms with Gasteiger partial charge in [-0.3, -0.25) is 13.8 Å². The third-order valence-electron chi connectivity index (χ3n) is 7.42. The summed E-state index contributed by atoms with van der Waals surface area (Å²) in [6.45, 7) is 3.89. The van der Waals surface area contributed by atoms with Crippen LogP contribution in [-0.4, -0.2) is 59.0 Å². The number of amides is 1. The summed E-state index contributed by atoms with van der Waals surface area (Å²) in [4.78, 5) is 22.5. The number of carbonyl (C=O) groups excluding carboxylic acids is 1. The van der Waals surface area contributed by atoms with Crippen molar-refractivity contribution in [3.8, 4) is 0 Å². The van der Waals surface area contributed by atoms with Gasteiger partial charge >= 0.3 is 7.82 Å². The Kier molecular flexibility index (Phi) is 28.4. The van der Waals surface area contributed by atoms with Gasteiger partial charge in [0, 0.05) is 6.54 Å². The first-order valence-electron chi connectivity index (χ1n) is 16.9. The lowest BCUT2D eigenvalue weighted by Crippen LogP contribution is -2.46. The molecule has 0 radical (unpaired) electrons. The smallest absolute Gasteiger partial charge is 0.393 e. The van der Waals surface area contributed by atoms with Crippen molar-refractivity contribution < 1.29 is 33.5 Å². The van der Waals surface area contributed by atoms with Gasteiger partial charge in [0.15, 0.2) is 0 Å². The van der Waals surface area contributed by atoms with Crippen LogP contribution in [0.3, 0.4) is 0 Å². The van der Waals surface area contributed by atoms with Gasteiger partial charge in [-0.05, 0) is 19.3 Å². The van der Waals surface area contributed by atoms with Crippen LogP contribution in [-0.2, 0) is 18.4 Å². The van der Waals surface area contributed by atoms with Gasteiger partial charge in [0.2, 0.25) is 5.91 Å². The number of nitrogens with two attached hydrogens (primary N) is 1. The van der Waals surface area contributed by atoms with E-state index in [9.17, 15) is 24.5 Å². The normalized spacial score (nSPS) is 15.5. The summed E-state index contributed by atoms with van der Waals surface area (Å²) in [7, 11) is -4.38. The molecule has 0 aromatic carbocycles. The first-order valence-corrected chi connectivity index (χ1v) is 18.4. The summed E-state index contributed by atoms with van der Waals surface area (Å²) in [5, 5.41) is 23.7. The predicted molar refractivity (Wildman–Crippen MR) is 172 cm³/mol. The fourth-order valence-corrected chi connectivity index (χ4v) is 5.58. The molecular formula is C32H65N2O7P. The summed E-state index contributed by atoms with van der Waals surface area (Å²) in [5.41, 5.74) is 5.32. The second kappa shape index (κ2) is 28.9. The number of nitrogens with one attached hydrogen (secondary N) is 1. The molecule has 0 aliphatic heterocycles. The summed E-state index contributed by atoms with van der Waals surface area (Å²) >= 11 is 0. The zero-order valence-corrected chi connectivity index (χ0v) is 27.8. The predicted octanol–water partition coefficient (Wildman–Crippen LogP) is 7.07. The molecule has 0 rings (SSSR count). The van der Waals surface area contributed by atoms with Crippen LogP contribution in [0.4, 0.5) is 0 Å². The quantitative estimate of drug-likeness (QED) is 0.0313. The van der Waals surface area contributed by atoms with Crippen molar-refractivity contribution in [2.45, 2.75) is 167 Å². The van der Waals surface area contributed by atoms with Crippen LogP contribution in [0, 0.1) is 0 Å². The first-order chi connectivity index (χ1) is 20.3.